The molecular formula is C14H14N2O3+. The highest BCUT2D eigenvalue weighted by molar-refractivity contribution is 5.43. The Balaban J connectivity index is 2.18. The Morgan fingerprint density at radius 3 is 2.84 bits per heavy atom. The number of nitroso groups, excluding NO2 is 1. The van der Waals surface area contributed by atoms with Crippen molar-refractivity contribution >= 4 is 5.69 Å². The Kier molecular flexibility index (Phi) is 3.97. The molecule has 0 fully saturated rings. The molecule has 0 amide bonds. The van der Waals surface area contributed by atoms with Gasteiger partial charge in [0.2, 0.25) is 0 Å². The Morgan fingerprint density at radius 2 is 2.21 bits per heavy atom. The lowest BCUT2D eigenvalue weighted by Gasteiger charge is -2.09. The summed E-state index contributed by atoms with van der Waals surface area (Å²) in [6.07, 6.45) is 0. The fourth-order valence-corrected chi connectivity index (χ4v) is 1.64. The van der Waals surface area contributed by atoms with E-state index in [4.69, 9.17) is 15.3 Å². The smallest absolute Gasteiger partial charge is 0.292 e. The van der Waals surface area contributed by atoms with Gasteiger partial charge in [-0.1, -0.05) is 12.1 Å². The van der Waals surface area contributed by atoms with E-state index in [1.807, 2.05) is 12.1 Å². The fourth-order valence-electron chi connectivity index (χ4n) is 1.64. The summed E-state index contributed by atoms with van der Waals surface area (Å²) in [7, 11) is 1.56. The molecule has 2 aromatic rings. The average Bonchev–Trinajstić information content (AvgIpc) is 2.45. The normalized spacial score (nSPS) is 9.95. The molecule has 0 bridgehead atoms. The van der Waals surface area contributed by atoms with Crippen molar-refractivity contribution in [1.82, 2.24) is 0 Å². The van der Waals surface area contributed by atoms with Crippen molar-refractivity contribution in [3.05, 3.63) is 59.0 Å². The van der Waals surface area contributed by atoms with E-state index in [1.165, 1.54) is 0 Å². The van der Waals surface area contributed by atoms with Crippen molar-refractivity contribution in [1.29, 1.82) is 0 Å². The highest BCUT2D eigenvalue weighted by Gasteiger charge is 2.13. The van der Waals surface area contributed by atoms with Gasteiger partial charge in [-0.2, -0.15) is 5.84 Å². The molecule has 2 N–H and O–H groups in total. The van der Waals surface area contributed by atoms with Crippen LogP contribution in [0.3, 0.4) is 0 Å². The summed E-state index contributed by atoms with van der Waals surface area (Å²) < 4.78 is 10.8. The van der Waals surface area contributed by atoms with Gasteiger partial charge >= 0.3 is 0 Å². The molecule has 0 saturated carbocycles. The third kappa shape index (κ3) is 3.22. The fraction of sp³-hybridized carbons (Fsp3) is 0.143. The van der Waals surface area contributed by atoms with Crippen LogP contribution in [0.25, 0.3) is 0 Å². The first kappa shape index (κ1) is 12.9. The van der Waals surface area contributed by atoms with Gasteiger partial charge in [0.1, 0.15) is 18.1 Å². The molecule has 1 radical (unpaired) electrons. The summed E-state index contributed by atoms with van der Waals surface area (Å²) in [5.74, 6) is 6.51. The van der Waals surface area contributed by atoms with E-state index in [0.29, 0.717) is 22.1 Å². The number of benzene rings is 2. The number of rotatable bonds is 5. The van der Waals surface area contributed by atoms with Crippen LogP contribution in [0.1, 0.15) is 5.56 Å². The van der Waals surface area contributed by atoms with E-state index < -0.39 is 0 Å². The van der Waals surface area contributed by atoms with Crippen LogP contribution in [-0.4, -0.2) is 12.0 Å². The van der Waals surface area contributed by atoms with Gasteiger partial charge in [0.15, 0.2) is 4.87 Å². The second-order valence-electron chi connectivity index (χ2n) is 3.85. The van der Waals surface area contributed by atoms with Crippen molar-refractivity contribution in [2.24, 2.45) is 5.84 Å². The maximum absolute atomic E-state index is 11.1. The minimum Gasteiger partial charge on any atom is -0.496 e. The summed E-state index contributed by atoms with van der Waals surface area (Å²) in [6.45, 7) is 0.280. The van der Waals surface area contributed by atoms with Gasteiger partial charge in [0.05, 0.1) is 12.0 Å². The molecule has 97 valence electrons. The van der Waals surface area contributed by atoms with Gasteiger partial charge in [-0.3, -0.25) is 0 Å². The first-order chi connectivity index (χ1) is 9.20. The number of nitrogens with zero attached hydrogens (tertiary/aromatic N) is 1. The van der Waals surface area contributed by atoms with Crippen molar-refractivity contribution < 1.29 is 14.3 Å². The van der Waals surface area contributed by atoms with E-state index in [9.17, 15) is 4.91 Å². The van der Waals surface area contributed by atoms with Gasteiger partial charge in [0, 0.05) is 17.7 Å². The standard InChI is InChI=1S/C14H14N2O3/c1-18-14-8-7-12(16(15)17)9-11(14)10-19-13-5-3-2-4-6-13/h2-3,5-9H,10H2,1H3,(H2,15,17)/q+1. The zero-order valence-corrected chi connectivity index (χ0v) is 10.5. The SMILES string of the molecule is COc1ccc([N+](N)=O)cc1COc1c[c]ccc1. The average molecular weight is 258 g/mol. The van der Waals surface area contributed by atoms with Crippen LogP contribution in [0.4, 0.5) is 5.69 Å². The summed E-state index contributed by atoms with van der Waals surface area (Å²) in [4.78, 5) is 11.4. The highest BCUT2D eigenvalue weighted by Crippen LogP contribution is 2.24. The molecule has 19 heavy (non-hydrogen) atoms. The van der Waals surface area contributed by atoms with Gasteiger partial charge < -0.3 is 9.47 Å². The summed E-state index contributed by atoms with van der Waals surface area (Å²) >= 11 is 0. The lowest BCUT2D eigenvalue weighted by Crippen LogP contribution is -2.09. The molecule has 0 aliphatic rings. The second-order valence-corrected chi connectivity index (χ2v) is 3.85. The Morgan fingerprint density at radius 1 is 1.37 bits per heavy atom. The Bertz CT molecular complexity index is 570. The van der Waals surface area contributed by atoms with E-state index >= 15 is 0 Å². The number of nitrogens with two attached hydrogens (primary N) is 1. The zero-order chi connectivity index (χ0) is 13.7. The van der Waals surface area contributed by atoms with Crippen molar-refractivity contribution in [2.45, 2.75) is 6.61 Å². The quantitative estimate of drug-likeness (QED) is 0.508. The molecule has 0 spiro atoms. The molecule has 0 aliphatic heterocycles. The van der Waals surface area contributed by atoms with Crippen LogP contribution < -0.4 is 15.3 Å². The van der Waals surface area contributed by atoms with Gasteiger partial charge in [-0.15, -0.1) is 0 Å². The third-order valence-electron chi connectivity index (χ3n) is 2.59. The molecule has 5 heteroatoms. The first-order valence-corrected chi connectivity index (χ1v) is 5.68. The van der Waals surface area contributed by atoms with Crippen molar-refractivity contribution in [3.63, 3.8) is 0 Å². The number of methoxy groups -OCH3 is 1. The van der Waals surface area contributed by atoms with Crippen molar-refractivity contribution in [3.8, 4) is 11.5 Å². The molecular weight excluding hydrogens is 244 g/mol. The summed E-state index contributed by atoms with van der Waals surface area (Å²) in [5.41, 5.74) is 1.09. The lowest BCUT2D eigenvalue weighted by atomic mass is 10.2. The maximum atomic E-state index is 11.1. The minimum atomic E-state index is 0.280. The number of ether oxygens (including phenoxy) is 2. The molecule has 5 nitrogen and oxygen atoms in total. The van der Waals surface area contributed by atoms with E-state index in [-0.39, 0.29) is 6.61 Å². The topological polar surface area (TPSA) is 64.6 Å². The van der Waals surface area contributed by atoms with Gasteiger partial charge in [-0.05, 0) is 24.3 Å². The number of hydrogen-bond donors (Lipinski definition) is 1. The van der Waals surface area contributed by atoms with Crippen LogP contribution in [0.5, 0.6) is 11.5 Å². The predicted octanol–water partition coefficient (Wildman–Crippen LogP) is 2.36. The Labute approximate surface area is 111 Å². The van der Waals surface area contributed by atoms with Crippen LogP contribution in [0, 0.1) is 11.0 Å². The monoisotopic (exact) mass is 258 g/mol. The second kappa shape index (κ2) is 5.86. The maximum Gasteiger partial charge on any atom is 0.292 e. The molecule has 0 atom stereocenters. The van der Waals surface area contributed by atoms with Crippen LogP contribution in [-0.2, 0) is 6.61 Å². The summed E-state index contributed by atoms with van der Waals surface area (Å²) in [6, 6.07) is 15.0. The van der Waals surface area contributed by atoms with E-state index in [0.717, 1.165) is 5.56 Å². The highest BCUT2D eigenvalue weighted by atomic mass is 16.5. The van der Waals surface area contributed by atoms with Crippen LogP contribution in [0.2, 0.25) is 0 Å². The largest absolute Gasteiger partial charge is 0.496 e. The Hall–Kier alpha value is -2.56. The van der Waals surface area contributed by atoms with E-state index in [1.54, 1.807) is 37.4 Å². The van der Waals surface area contributed by atoms with E-state index in [2.05, 4.69) is 6.07 Å². The predicted molar refractivity (Wildman–Crippen MR) is 70.1 cm³/mol. The molecule has 0 saturated heterocycles. The van der Waals surface area contributed by atoms with Crippen molar-refractivity contribution in [2.75, 3.05) is 7.11 Å². The van der Waals surface area contributed by atoms with Gasteiger partial charge in [-0.25, -0.2) is 0 Å². The lowest BCUT2D eigenvalue weighted by molar-refractivity contribution is -0.474. The zero-order valence-electron chi connectivity index (χ0n) is 10.5. The van der Waals surface area contributed by atoms with Crippen LogP contribution >= 0.6 is 0 Å². The van der Waals surface area contributed by atoms with Gasteiger partial charge in [0.25, 0.3) is 5.69 Å². The molecule has 0 aliphatic carbocycles. The van der Waals surface area contributed by atoms with Crippen LogP contribution in [0.15, 0.2) is 42.5 Å². The molecule has 0 unspecified atom stereocenters. The molecule has 0 heterocycles. The number of hydrogen-bond acceptors (Lipinski definition) is 3. The molecule has 2 rings (SSSR count). The number of hydrazine groups is 1. The minimum absolute atomic E-state index is 0.280. The third-order valence-corrected chi connectivity index (χ3v) is 2.59. The summed E-state index contributed by atoms with van der Waals surface area (Å²) in [5, 5.41) is 0. The molecule has 2 aromatic carbocycles. The first-order valence-electron chi connectivity index (χ1n) is 5.68. The molecule has 0 aromatic heterocycles.